The molecular formula is C13H24ClN3O. The van der Waals surface area contributed by atoms with Crippen LogP contribution in [0.4, 0.5) is 0 Å². The fourth-order valence-electron chi connectivity index (χ4n) is 2.04. The quantitative estimate of drug-likeness (QED) is 0.790. The van der Waals surface area contributed by atoms with Crippen LogP contribution in [0, 0.1) is 6.92 Å². The standard InChI is InChI=1S/C13H24ClN3O/c1-5-7-15-11(6-8-18-4)9-12-10(2)16-17(3)13(12)14/h11,15H,5-9H2,1-4H3. The summed E-state index contributed by atoms with van der Waals surface area (Å²) in [7, 11) is 3.61. The van der Waals surface area contributed by atoms with E-state index in [0.29, 0.717) is 6.04 Å². The second-order valence-electron chi connectivity index (χ2n) is 4.62. The minimum Gasteiger partial charge on any atom is -0.385 e. The van der Waals surface area contributed by atoms with Crippen LogP contribution >= 0.6 is 11.6 Å². The van der Waals surface area contributed by atoms with Crippen molar-refractivity contribution >= 4 is 11.6 Å². The molecule has 1 heterocycles. The first kappa shape index (κ1) is 15.5. The molecule has 0 spiro atoms. The molecule has 1 rings (SSSR count). The molecule has 0 aliphatic carbocycles. The third-order valence-electron chi connectivity index (χ3n) is 3.07. The van der Waals surface area contributed by atoms with Crippen molar-refractivity contribution in [2.24, 2.45) is 7.05 Å². The summed E-state index contributed by atoms with van der Waals surface area (Å²) in [6.45, 7) is 5.96. The maximum atomic E-state index is 6.27. The number of halogens is 1. The van der Waals surface area contributed by atoms with Gasteiger partial charge in [0.1, 0.15) is 5.15 Å². The lowest BCUT2D eigenvalue weighted by Crippen LogP contribution is -2.33. The third kappa shape index (κ3) is 4.26. The van der Waals surface area contributed by atoms with Crippen molar-refractivity contribution in [1.82, 2.24) is 15.1 Å². The fourth-order valence-corrected chi connectivity index (χ4v) is 2.29. The summed E-state index contributed by atoms with van der Waals surface area (Å²) < 4.78 is 6.90. The number of hydrogen-bond donors (Lipinski definition) is 1. The van der Waals surface area contributed by atoms with Gasteiger partial charge in [0.2, 0.25) is 0 Å². The molecule has 104 valence electrons. The van der Waals surface area contributed by atoms with Gasteiger partial charge < -0.3 is 10.1 Å². The molecule has 0 amide bonds. The van der Waals surface area contributed by atoms with E-state index in [9.17, 15) is 0 Å². The molecule has 1 N–H and O–H groups in total. The normalized spacial score (nSPS) is 12.9. The highest BCUT2D eigenvalue weighted by Gasteiger charge is 2.16. The topological polar surface area (TPSA) is 39.1 Å². The van der Waals surface area contributed by atoms with Crippen LogP contribution in [0.2, 0.25) is 5.15 Å². The molecule has 1 unspecified atom stereocenters. The molecule has 0 aromatic carbocycles. The molecule has 5 heteroatoms. The molecular weight excluding hydrogens is 250 g/mol. The molecule has 1 aromatic heterocycles. The zero-order valence-corrected chi connectivity index (χ0v) is 12.5. The number of nitrogens with one attached hydrogen (secondary N) is 1. The molecule has 0 saturated carbocycles. The van der Waals surface area contributed by atoms with Gasteiger partial charge in [-0.15, -0.1) is 0 Å². The fraction of sp³-hybridized carbons (Fsp3) is 0.769. The number of aryl methyl sites for hydroxylation is 2. The molecule has 0 bridgehead atoms. The van der Waals surface area contributed by atoms with E-state index in [-0.39, 0.29) is 0 Å². The zero-order chi connectivity index (χ0) is 13.5. The first-order chi connectivity index (χ1) is 8.60. The first-order valence-electron chi connectivity index (χ1n) is 6.50. The Labute approximate surface area is 115 Å². The number of rotatable bonds is 8. The average Bonchev–Trinajstić information content (AvgIpc) is 2.58. The van der Waals surface area contributed by atoms with Crippen LogP contribution in [-0.2, 0) is 18.2 Å². The Kier molecular flexibility index (Phi) is 6.68. The molecule has 0 aliphatic rings. The summed E-state index contributed by atoms with van der Waals surface area (Å²) in [5.41, 5.74) is 2.16. The number of nitrogens with zero attached hydrogens (tertiary/aromatic N) is 2. The summed E-state index contributed by atoms with van der Waals surface area (Å²) in [6, 6.07) is 0.394. The number of methoxy groups -OCH3 is 1. The Morgan fingerprint density at radius 2 is 2.22 bits per heavy atom. The van der Waals surface area contributed by atoms with Gasteiger partial charge in [-0.25, -0.2) is 0 Å². The van der Waals surface area contributed by atoms with Crippen molar-refractivity contribution < 1.29 is 4.74 Å². The second kappa shape index (κ2) is 7.77. The van der Waals surface area contributed by atoms with Crippen LogP contribution in [0.3, 0.4) is 0 Å². The third-order valence-corrected chi connectivity index (χ3v) is 3.55. The van der Waals surface area contributed by atoms with Crippen LogP contribution in [0.15, 0.2) is 0 Å². The van der Waals surface area contributed by atoms with E-state index < -0.39 is 0 Å². The van der Waals surface area contributed by atoms with Crippen molar-refractivity contribution in [3.63, 3.8) is 0 Å². The molecule has 4 nitrogen and oxygen atoms in total. The maximum Gasteiger partial charge on any atom is 0.130 e. The van der Waals surface area contributed by atoms with E-state index in [2.05, 4.69) is 17.3 Å². The highest BCUT2D eigenvalue weighted by molar-refractivity contribution is 6.30. The monoisotopic (exact) mass is 273 g/mol. The van der Waals surface area contributed by atoms with E-state index in [1.165, 1.54) is 0 Å². The van der Waals surface area contributed by atoms with Gasteiger partial charge in [0.25, 0.3) is 0 Å². The van der Waals surface area contributed by atoms with Crippen LogP contribution in [0.1, 0.15) is 31.0 Å². The Balaban J connectivity index is 2.68. The Hall–Kier alpha value is -0.580. The summed E-state index contributed by atoms with van der Waals surface area (Å²) in [4.78, 5) is 0. The minimum atomic E-state index is 0.394. The van der Waals surface area contributed by atoms with Crippen molar-refractivity contribution in [3.05, 3.63) is 16.4 Å². The minimum absolute atomic E-state index is 0.394. The highest BCUT2D eigenvalue weighted by atomic mass is 35.5. The molecule has 0 aliphatic heterocycles. The van der Waals surface area contributed by atoms with Gasteiger partial charge in [-0.05, 0) is 32.7 Å². The summed E-state index contributed by atoms with van der Waals surface area (Å²) in [5, 5.41) is 8.63. The van der Waals surface area contributed by atoms with Crippen molar-refractivity contribution in [2.45, 2.75) is 39.2 Å². The lowest BCUT2D eigenvalue weighted by atomic mass is 10.0. The van der Waals surface area contributed by atoms with Gasteiger partial charge >= 0.3 is 0 Å². The molecule has 0 radical (unpaired) electrons. The lowest BCUT2D eigenvalue weighted by Gasteiger charge is -2.18. The molecule has 1 atom stereocenters. The number of hydrogen-bond acceptors (Lipinski definition) is 3. The molecule has 18 heavy (non-hydrogen) atoms. The zero-order valence-electron chi connectivity index (χ0n) is 11.8. The van der Waals surface area contributed by atoms with E-state index in [4.69, 9.17) is 16.3 Å². The molecule has 1 aromatic rings. The summed E-state index contributed by atoms with van der Waals surface area (Å²) in [6.07, 6.45) is 3.02. The summed E-state index contributed by atoms with van der Waals surface area (Å²) in [5.74, 6) is 0. The van der Waals surface area contributed by atoms with Gasteiger partial charge in [-0.3, -0.25) is 4.68 Å². The van der Waals surface area contributed by atoms with Crippen molar-refractivity contribution in [1.29, 1.82) is 0 Å². The Morgan fingerprint density at radius 3 is 2.72 bits per heavy atom. The van der Waals surface area contributed by atoms with E-state index in [0.717, 1.165) is 48.8 Å². The Bertz CT molecular complexity index is 357. The van der Waals surface area contributed by atoms with Crippen LogP contribution in [0.25, 0.3) is 0 Å². The average molecular weight is 274 g/mol. The number of aromatic nitrogens is 2. The maximum absolute atomic E-state index is 6.27. The predicted octanol–water partition coefficient (Wildman–Crippen LogP) is 2.33. The number of ether oxygens (including phenoxy) is 1. The van der Waals surface area contributed by atoms with Gasteiger partial charge in [0.15, 0.2) is 0 Å². The van der Waals surface area contributed by atoms with Crippen LogP contribution < -0.4 is 5.32 Å². The van der Waals surface area contributed by atoms with Gasteiger partial charge in [-0.1, -0.05) is 18.5 Å². The van der Waals surface area contributed by atoms with Gasteiger partial charge in [-0.2, -0.15) is 5.10 Å². The van der Waals surface area contributed by atoms with Crippen LogP contribution in [0.5, 0.6) is 0 Å². The van der Waals surface area contributed by atoms with E-state index in [1.807, 2.05) is 14.0 Å². The second-order valence-corrected chi connectivity index (χ2v) is 4.97. The lowest BCUT2D eigenvalue weighted by molar-refractivity contribution is 0.182. The highest BCUT2D eigenvalue weighted by Crippen LogP contribution is 2.21. The van der Waals surface area contributed by atoms with Gasteiger partial charge in [0.05, 0.1) is 5.69 Å². The van der Waals surface area contributed by atoms with Crippen LogP contribution in [-0.4, -0.2) is 36.1 Å². The van der Waals surface area contributed by atoms with Gasteiger partial charge in [0, 0.05) is 32.4 Å². The van der Waals surface area contributed by atoms with E-state index in [1.54, 1.807) is 11.8 Å². The largest absolute Gasteiger partial charge is 0.385 e. The molecule has 0 saturated heterocycles. The van der Waals surface area contributed by atoms with Crippen molar-refractivity contribution in [3.8, 4) is 0 Å². The SMILES string of the molecule is CCCNC(CCOC)Cc1c(C)nn(C)c1Cl. The van der Waals surface area contributed by atoms with Crippen molar-refractivity contribution in [2.75, 3.05) is 20.3 Å². The predicted molar refractivity (Wildman–Crippen MR) is 75.2 cm³/mol. The smallest absolute Gasteiger partial charge is 0.130 e. The first-order valence-corrected chi connectivity index (χ1v) is 6.88. The Morgan fingerprint density at radius 1 is 1.50 bits per heavy atom. The van der Waals surface area contributed by atoms with E-state index >= 15 is 0 Å². The molecule has 0 fully saturated rings. The summed E-state index contributed by atoms with van der Waals surface area (Å²) >= 11 is 6.27.